The van der Waals surface area contributed by atoms with Crippen LogP contribution in [0.4, 0.5) is 15.9 Å². The van der Waals surface area contributed by atoms with E-state index in [1.807, 2.05) is 28.9 Å². The molecule has 0 aliphatic heterocycles. The fourth-order valence-electron chi connectivity index (χ4n) is 3.87. The molecule has 2 aromatic heterocycles. The highest BCUT2D eigenvalue weighted by Crippen LogP contribution is 2.41. The number of nitrogens with zero attached hydrogens (tertiary/aromatic N) is 3. The number of aromatic nitrogens is 3. The number of rotatable bonds is 7. The number of hydrogen-bond donors (Lipinski definition) is 2. The summed E-state index contributed by atoms with van der Waals surface area (Å²) in [5, 5.41) is 9.13. The smallest absolute Gasteiger partial charge is 0.146 e. The highest BCUT2D eigenvalue weighted by molar-refractivity contribution is 6.01. The zero-order chi connectivity index (χ0) is 22.2. The van der Waals surface area contributed by atoms with Crippen molar-refractivity contribution in [1.29, 1.82) is 0 Å². The van der Waals surface area contributed by atoms with Gasteiger partial charge in [-0.3, -0.25) is 4.68 Å². The van der Waals surface area contributed by atoms with Crippen LogP contribution in [0.3, 0.4) is 0 Å². The van der Waals surface area contributed by atoms with Gasteiger partial charge in [-0.15, -0.1) is 0 Å². The second-order valence-corrected chi connectivity index (χ2v) is 7.85. The number of nitrogen functional groups attached to an aromatic ring is 1. The van der Waals surface area contributed by atoms with E-state index in [1.165, 1.54) is 6.07 Å². The lowest BCUT2D eigenvalue weighted by Gasteiger charge is -2.12. The van der Waals surface area contributed by atoms with Gasteiger partial charge in [0.1, 0.15) is 28.8 Å². The number of benzene rings is 2. The Morgan fingerprint density at radius 3 is 2.69 bits per heavy atom. The Bertz CT molecular complexity index is 1300. The molecule has 0 atom stereocenters. The van der Waals surface area contributed by atoms with Crippen molar-refractivity contribution in [2.24, 2.45) is 0 Å². The number of nitrogens with one attached hydrogen (secondary N) is 1. The molecule has 1 aliphatic carbocycles. The van der Waals surface area contributed by atoms with Crippen molar-refractivity contribution in [3.63, 3.8) is 0 Å². The molecular weight excluding hydrogens is 409 g/mol. The summed E-state index contributed by atoms with van der Waals surface area (Å²) in [6, 6.07) is 12.8. The third-order valence-corrected chi connectivity index (χ3v) is 5.73. The van der Waals surface area contributed by atoms with Crippen LogP contribution in [0.5, 0.6) is 11.5 Å². The van der Waals surface area contributed by atoms with Crippen molar-refractivity contribution in [2.45, 2.75) is 25.4 Å². The zero-order valence-electron chi connectivity index (χ0n) is 17.9. The van der Waals surface area contributed by atoms with E-state index in [0.29, 0.717) is 29.7 Å². The molecule has 0 saturated heterocycles. The lowest BCUT2D eigenvalue weighted by atomic mass is 10.1. The summed E-state index contributed by atoms with van der Waals surface area (Å²) in [6.45, 7) is 0.490. The number of halogens is 1. The van der Waals surface area contributed by atoms with Crippen LogP contribution in [-0.4, -0.2) is 29.0 Å². The van der Waals surface area contributed by atoms with E-state index in [2.05, 4.69) is 10.3 Å². The van der Waals surface area contributed by atoms with Crippen molar-refractivity contribution in [1.82, 2.24) is 14.8 Å². The molecule has 32 heavy (non-hydrogen) atoms. The van der Waals surface area contributed by atoms with Gasteiger partial charge in [-0.2, -0.15) is 5.10 Å². The quantitative estimate of drug-likeness (QED) is 0.408. The van der Waals surface area contributed by atoms with Gasteiger partial charge in [-0.05, 0) is 43.2 Å². The lowest BCUT2D eigenvalue weighted by molar-refractivity contribution is 0.391. The molecule has 1 aliphatic rings. The first-order chi connectivity index (χ1) is 15.6. The maximum absolute atomic E-state index is 14.2. The van der Waals surface area contributed by atoms with E-state index in [-0.39, 0.29) is 5.69 Å². The number of methoxy groups -OCH3 is 2. The fraction of sp³-hybridized carbons (Fsp3) is 0.250. The maximum atomic E-state index is 14.2. The molecule has 2 aromatic carbocycles. The molecule has 1 fully saturated rings. The van der Waals surface area contributed by atoms with Crippen LogP contribution in [0.25, 0.3) is 22.2 Å². The van der Waals surface area contributed by atoms with Crippen LogP contribution < -0.4 is 20.5 Å². The summed E-state index contributed by atoms with van der Waals surface area (Å²) >= 11 is 0. The van der Waals surface area contributed by atoms with Crippen LogP contribution in [0.1, 0.15) is 24.4 Å². The van der Waals surface area contributed by atoms with Gasteiger partial charge < -0.3 is 20.5 Å². The number of nitrogens with two attached hydrogens (primary N) is 1. The molecule has 164 valence electrons. The minimum absolute atomic E-state index is 0.114. The first kappa shape index (κ1) is 20.1. The summed E-state index contributed by atoms with van der Waals surface area (Å²) in [5.74, 6) is 1.67. The van der Waals surface area contributed by atoms with Gasteiger partial charge in [0.05, 0.1) is 36.9 Å². The molecule has 2 heterocycles. The Labute approximate surface area is 185 Å². The van der Waals surface area contributed by atoms with Crippen LogP contribution in [0.2, 0.25) is 0 Å². The molecular formula is C24H24FN5O2. The van der Waals surface area contributed by atoms with Crippen molar-refractivity contribution in [3.8, 4) is 22.8 Å². The van der Waals surface area contributed by atoms with Crippen LogP contribution in [0.15, 0.2) is 48.7 Å². The van der Waals surface area contributed by atoms with Gasteiger partial charge in [0.2, 0.25) is 0 Å². The van der Waals surface area contributed by atoms with Crippen molar-refractivity contribution in [3.05, 3.63) is 60.0 Å². The average molecular weight is 433 g/mol. The first-order valence-corrected chi connectivity index (χ1v) is 10.5. The Morgan fingerprint density at radius 1 is 1.12 bits per heavy atom. The minimum Gasteiger partial charge on any atom is -0.497 e. The van der Waals surface area contributed by atoms with Gasteiger partial charge in [0.25, 0.3) is 0 Å². The van der Waals surface area contributed by atoms with Gasteiger partial charge in [0.15, 0.2) is 0 Å². The molecule has 0 unspecified atom stereocenters. The highest BCUT2D eigenvalue weighted by atomic mass is 19.1. The first-order valence-electron chi connectivity index (χ1n) is 10.5. The average Bonchev–Trinajstić information content (AvgIpc) is 3.59. The van der Waals surface area contributed by atoms with Crippen molar-refractivity contribution in [2.75, 3.05) is 25.3 Å². The standard InChI is InChI=1S/C24H24FN5O2/c1-31-17-7-3-15(21(12-17)32-2)13-28-24-22-20(9-10-27-24)30(16-5-6-16)29-23(22)14-4-8-19(26)18(25)11-14/h3-4,7-12,16H,5-6,13,26H2,1-2H3,(H,27,28). The molecule has 1 saturated carbocycles. The molecule has 3 N–H and O–H groups in total. The summed E-state index contributed by atoms with van der Waals surface area (Å²) < 4.78 is 27.1. The van der Waals surface area contributed by atoms with E-state index in [1.54, 1.807) is 32.5 Å². The van der Waals surface area contributed by atoms with Gasteiger partial charge in [-0.25, -0.2) is 9.37 Å². The van der Waals surface area contributed by atoms with Gasteiger partial charge in [0, 0.05) is 29.9 Å². The lowest BCUT2D eigenvalue weighted by Crippen LogP contribution is -2.04. The second kappa shape index (κ2) is 8.03. The Hall–Kier alpha value is -3.81. The van der Waals surface area contributed by atoms with E-state index in [0.717, 1.165) is 40.8 Å². The van der Waals surface area contributed by atoms with Gasteiger partial charge in [-0.1, -0.05) is 6.07 Å². The van der Waals surface area contributed by atoms with E-state index < -0.39 is 5.82 Å². The Kier molecular flexibility index (Phi) is 5.05. The van der Waals surface area contributed by atoms with Crippen LogP contribution in [-0.2, 0) is 6.54 Å². The van der Waals surface area contributed by atoms with Crippen molar-refractivity contribution < 1.29 is 13.9 Å². The molecule has 5 rings (SSSR count). The Morgan fingerprint density at radius 2 is 1.97 bits per heavy atom. The molecule has 0 amide bonds. The molecule has 4 aromatic rings. The second-order valence-electron chi connectivity index (χ2n) is 7.85. The third kappa shape index (κ3) is 3.57. The normalized spacial score (nSPS) is 13.3. The summed E-state index contributed by atoms with van der Waals surface area (Å²) in [6.07, 6.45) is 3.94. The molecule has 0 spiro atoms. The van der Waals surface area contributed by atoms with E-state index in [4.69, 9.17) is 20.3 Å². The maximum Gasteiger partial charge on any atom is 0.146 e. The zero-order valence-corrected chi connectivity index (χ0v) is 17.9. The van der Waals surface area contributed by atoms with E-state index >= 15 is 0 Å². The number of pyridine rings is 1. The number of hydrogen-bond acceptors (Lipinski definition) is 6. The highest BCUT2D eigenvalue weighted by Gasteiger charge is 2.29. The summed E-state index contributed by atoms with van der Waals surface area (Å²) in [5.41, 5.74) is 9.08. The largest absolute Gasteiger partial charge is 0.497 e. The number of ether oxygens (including phenoxy) is 2. The van der Waals surface area contributed by atoms with Gasteiger partial charge >= 0.3 is 0 Å². The summed E-state index contributed by atoms with van der Waals surface area (Å²) in [4.78, 5) is 4.58. The topological polar surface area (TPSA) is 87.2 Å². The number of fused-ring (bicyclic) bond motifs is 1. The monoisotopic (exact) mass is 433 g/mol. The number of anilines is 2. The molecule has 0 radical (unpaired) electrons. The Balaban J connectivity index is 1.57. The molecule has 7 nitrogen and oxygen atoms in total. The van der Waals surface area contributed by atoms with E-state index in [9.17, 15) is 4.39 Å². The van der Waals surface area contributed by atoms with Crippen LogP contribution in [0, 0.1) is 5.82 Å². The predicted octanol–water partition coefficient (Wildman–Crippen LogP) is 4.78. The molecule has 8 heteroatoms. The minimum atomic E-state index is -0.460. The SMILES string of the molecule is COc1ccc(CNc2nccc3c2c(-c2ccc(N)c(F)c2)nn3C2CC2)c(OC)c1. The third-order valence-electron chi connectivity index (χ3n) is 5.73. The molecule has 0 bridgehead atoms. The predicted molar refractivity (Wildman–Crippen MR) is 122 cm³/mol. The fourth-order valence-corrected chi connectivity index (χ4v) is 3.87. The van der Waals surface area contributed by atoms with Crippen LogP contribution >= 0.6 is 0 Å². The summed E-state index contributed by atoms with van der Waals surface area (Å²) in [7, 11) is 3.25. The van der Waals surface area contributed by atoms with Crippen molar-refractivity contribution >= 4 is 22.4 Å².